The summed E-state index contributed by atoms with van der Waals surface area (Å²) in [6.45, 7) is 1.87. The van der Waals surface area contributed by atoms with Crippen molar-refractivity contribution in [3.8, 4) is 11.5 Å². The number of ketones is 1. The Morgan fingerprint density at radius 2 is 1.80 bits per heavy atom. The van der Waals surface area contributed by atoms with E-state index in [0.29, 0.717) is 17.1 Å². The van der Waals surface area contributed by atoms with Crippen LogP contribution < -0.4 is 14.4 Å². The zero-order chi connectivity index (χ0) is 21.7. The lowest BCUT2D eigenvalue weighted by molar-refractivity contribution is -0.147. The number of nitrogens with zero attached hydrogens (tertiary/aromatic N) is 1. The SMILES string of the molecule is CCc1ccccc1N1C[C@H](C(=O)OCC(=O)c2ccc(OC)c(OC)c2)CC1=O. The Morgan fingerprint density at radius 3 is 2.50 bits per heavy atom. The van der Waals surface area contributed by atoms with Crippen molar-refractivity contribution in [1.29, 1.82) is 0 Å². The van der Waals surface area contributed by atoms with Crippen LogP contribution in [0.5, 0.6) is 11.5 Å². The predicted octanol–water partition coefficient (Wildman–Crippen LogP) is 3.05. The van der Waals surface area contributed by atoms with Crippen molar-refractivity contribution in [3.05, 3.63) is 53.6 Å². The van der Waals surface area contributed by atoms with E-state index in [1.807, 2.05) is 31.2 Å². The molecule has 0 spiro atoms. The lowest BCUT2D eigenvalue weighted by atomic mass is 10.1. The third kappa shape index (κ3) is 4.45. The third-order valence-corrected chi connectivity index (χ3v) is 5.17. The zero-order valence-electron chi connectivity index (χ0n) is 17.3. The molecule has 7 heteroatoms. The second-order valence-corrected chi connectivity index (χ2v) is 6.99. The molecule has 7 nitrogen and oxygen atoms in total. The first-order valence-electron chi connectivity index (χ1n) is 9.78. The molecule has 0 bridgehead atoms. The highest BCUT2D eigenvalue weighted by Crippen LogP contribution is 2.30. The Balaban J connectivity index is 1.62. The van der Waals surface area contributed by atoms with Crippen LogP contribution in [0.4, 0.5) is 5.69 Å². The predicted molar refractivity (Wildman–Crippen MR) is 111 cm³/mol. The van der Waals surface area contributed by atoms with Gasteiger partial charge in [-0.15, -0.1) is 0 Å². The number of anilines is 1. The van der Waals surface area contributed by atoms with Gasteiger partial charge < -0.3 is 19.1 Å². The minimum Gasteiger partial charge on any atom is -0.493 e. The molecule has 2 aromatic carbocycles. The molecule has 1 saturated heterocycles. The molecule has 1 fully saturated rings. The highest BCUT2D eigenvalue weighted by molar-refractivity contribution is 6.01. The molecular weight excluding hydrogens is 386 g/mol. The molecular formula is C23H25NO6. The average Bonchev–Trinajstić information content (AvgIpc) is 3.18. The van der Waals surface area contributed by atoms with E-state index >= 15 is 0 Å². The maximum atomic E-state index is 12.5. The van der Waals surface area contributed by atoms with Crippen molar-refractivity contribution in [2.24, 2.45) is 5.92 Å². The molecule has 0 aliphatic carbocycles. The Hall–Kier alpha value is -3.35. The lowest BCUT2D eigenvalue weighted by Crippen LogP contribution is -2.28. The van der Waals surface area contributed by atoms with Gasteiger partial charge in [0.2, 0.25) is 5.91 Å². The van der Waals surface area contributed by atoms with Crippen LogP contribution in [-0.4, -0.2) is 45.0 Å². The van der Waals surface area contributed by atoms with Crippen LogP contribution in [0, 0.1) is 5.92 Å². The quantitative estimate of drug-likeness (QED) is 0.491. The van der Waals surface area contributed by atoms with Crippen LogP contribution in [0.2, 0.25) is 0 Å². The number of Topliss-reactive ketones (excluding diaryl/α,β-unsaturated/α-hetero) is 1. The van der Waals surface area contributed by atoms with Gasteiger partial charge in [0, 0.05) is 24.2 Å². The van der Waals surface area contributed by atoms with E-state index in [0.717, 1.165) is 17.7 Å². The molecule has 1 aliphatic heterocycles. The molecule has 1 atom stereocenters. The van der Waals surface area contributed by atoms with Gasteiger partial charge in [0.25, 0.3) is 0 Å². The van der Waals surface area contributed by atoms with Crippen molar-refractivity contribution < 1.29 is 28.6 Å². The Bertz CT molecular complexity index is 954. The second-order valence-electron chi connectivity index (χ2n) is 6.99. The minimum atomic E-state index is -0.597. The summed E-state index contributed by atoms with van der Waals surface area (Å²) >= 11 is 0. The fourth-order valence-electron chi connectivity index (χ4n) is 3.52. The summed E-state index contributed by atoms with van der Waals surface area (Å²) in [5.41, 5.74) is 2.21. The number of hydrogen-bond acceptors (Lipinski definition) is 6. The first kappa shape index (κ1) is 21.4. The van der Waals surface area contributed by atoms with Gasteiger partial charge in [0.15, 0.2) is 23.9 Å². The standard InChI is InChI=1S/C23H25NO6/c1-4-15-7-5-6-8-18(15)24-13-17(12-22(24)26)23(27)30-14-19(25)16-9-10-20(28-2)21(11-16)29-3/h5-11,17H,4,12-14H2,1-3H3/t17-/m1/s1. The molecule has 158 valence electrons. The number of carbonyl (C=O) groups is 3. The van der Waals surface area contributed by atoms with E-state index in [2.05, 4.69) is 0 Å². The van der Waals surface area contributed by atoms with Gasteiger partial charge in [0.1, 0.15) is 0 Å². The van der Waals surface area contributed by atoms with E-state index in [4.69, 9.17) is 14.2 Å². The Kier molecular flexibility index (Phi) is 6.72. The summed E-state index contributed by atoms with van der Waals surface area (Å²) in [7, 11) is 2.98. The zero-order valence-corrected chi connectivity index (χ0v) is 17.3. The highest BCUT2D eigenvalue weighted by atomic mass is 16.5. The second kappa shape index (κ2) is 9.43. The molecule has 30 heavy (non-hydrogen) atoms. The summed E-state index contributed by atoms with van der Waals surface area (Å²) in [4.78, 5) is 39.0. The number of amides is 1. The van der Waals surface area contributed by atoms with Crippen molar-refractivity contribution in [2.75, 3.05) is 32.3 Å². The van der Waals surface area contributed by atoms with Crippen molar-refractivity contribution in [2.45, 2.75) is 19.8 Å². The molecule has 1 heterocycles. The van der Waals surface area contributed by atoms with E-state index in [9.17, 15) is 14.4 Å². The third-order valence-electron chi connectivity index (χ3n) is 5.17. The molecule has 2 aromatic rings. The highest BCUT2D eigenvalue weighted by Gasteiger charge is 2.37. The topological polar surface area (TPSA) is 82.1 Å². The molecule has 0 radical (unpaired) electrons. The lowest BCUT2D eigenvalue weighted by Gasteiger charge is -2.19. The number of carbonyl (C=O) groups excluding carboxylic acids is 3. The normalized spacial score (nSPS) is 15.8. The average molecular weight is 411 g/mol. The molecule has 1 aliphatic rings. The van der Waals surface area contributed by atoms with Gasteiger partial charge in [-0.3, -0.25) is 14.4 Å². The van der Waals surface area contributed by atoms with E-state index < -0.39 is 18.5 Å². The summed E-state index contributed by atoms with van der Waals surface area (Å²) in [6, 6.07) is 12.4. The molecule has 0 saturated carbocycles. The smallest absolute Gasteiger partial charge is 0.311 e. The molecule has 1 amide bonds. The van der Waals surface area contributed by atoms with Crippen LogP contribution in [0.15, 0.2) is 42.5 Å². The maximum Gasteiger partial charge on any atom is 0.311 e. The van der Waals surface area contributed by atoms with Crippen molar-refractivity contribution in [3.63, 3.8) is 0 Å². The van der Waals surface area contributed by atoms with Gasteiger partial charge in [-0.1, -0.05) is 25.1 Å². The number of para-hydroxylation sites is 1. The van der Waals surface area contributed by atoms with Gasteiger partial charge >= 0.3 is 5.97 Å². The molecule has 0 aromatic heterocycles. The van der Waals surface area contributed by atoms with Gasteiger partial charge in [-0.05, 0) is 36.2 Å². The van der Waals surface area contributed by atoms with Crippen LogP contribution >= 0.6 is 0 Å². The fourth-order valence-corrected chi connectivity index (χ4v) is 3.52. The Labute approximate surface area is 175 Å². The fraction of sp³-hybridized carbons (Fsp3) is 0.348. The molecule has 3 rings (SSSR count). The van der Waals surface area contributed by atoms with Crippen molar-refractivity contribution in [1.82, 2.24) is 0 Å². The molecule has 0 N–H and O–H groups in total. The van der Waals surface area contributed by atoms with Crippen LogP contribution in [0.1, 0.15) is 29.3 Å². The number of ether oxygens (including phenoxy) is 3. The number of rotatable bonds is 8. The number of benzene rings is 2. The Morgan fingerprint density at radius 1 is 1.07 bits per heavy atom. The van der Waals surface area contributed by atoms with Gasteiger partial charge in [0.05, 0.1) is 20.1 Å². The number of hydrogen-bond donors (Lipinski definition) is 0. The largest absolute Gasteiger partial charge is 0.493 e. The van der Waals surface area contributed by atoms with E-state index in [1.165, 1.54) is 20.3 Å². The maximum absolute atomic E-state index is 12.5. The first-order valence-corrected chi connectivity index (χ1v) is 9.78. The summed E-state index contributed by atoms with van der Waals surface area (Å²) in [5, 5.41) is 0. The number of methoxy groups -OCH3 is 2. The number of aryl methyl sites for hydroxylation is 1. The van der Waals surface area contributed by atoms with E-state index in [-0.39, 0.29) is 24.7 Å². The monoisotopic (exact) mass is 411 g/mol. The van der Waals surface area contributed by atoms with Gasteiger partial charge in [-0.25, -0.2) is 0 Å². The van der Waals surface area contributed by atoms with E-state index in [1.54, 1.807) is 17.0 Å². The van der Waals surface area contributed by atoms with Gasteiger partial charge in [-0.2, -0.15) is 0 Å². The van der Waals surface area contributed by atoms with Crippen LogP contribution in [0.25, 0.3) is 0 Å². The number of esters is 1. The summed E-state index contributed by atoms with van der Waals surface area (Å²) in [5.74, 6) is -0.704. The summed E-state index contributed by atoms with van der Waals surface area (Å²) < 4.78 is 15.6. The molecule has 0 unspecified atom stereocenters. The van der Waals surface area contributed by atoms with Crippen LogP contribution in [-0.2, 0) is 20.7 Å². The summed E-state index contributed by atoms with van der Waals surface area (Å²) in [6.07, 6.45) is 0.857. The van der Waals surface area contributed by atoms with Crippen molar-refractivity contribution >= 4 is 23.3 Å². The minimum absolute atomic E-state index is 0.0709. The first-order chi connectivity index (χ1) is 14.5. The van der Waals surface area contributed by atoms with Crippen LogP contribution in [0.3, 0.4) is 0 Å².